The molecule has 7 heteroatoms. The van der Waals surface area contributed by atoms with Gasteiger partial charge >= 0.3 is 5.97 Å². The van der Waals surface area contributed by atoms with Crippen LogP contribution in [0.3, 0.4) is 0 Å². The predicted molar refractivity (Wildman–Crippen MR) is 118 cm³/mol. The van der Waals surface area contributed by atoms with Crippen molar-refractivity contribution in [1.29, 1.82) is 0 Å². The molecule has 0 spiro atoms. The molecule has 1 N–H and O–H groups in total. The Labute approximate surface area is 185 Å². The van der Waals surface area contributed by atoms with Crippen molar-refractivity contribution in [2.45, 2.75) is 26.2 Å². The normalized spacial score (nSPS) is 14.5. The summed E-state index contributed by atoms with van der Waals surface area (Å²) in [6.07, 6.45) is 1.55. The lowest BCUT2D eigenvalue weighted by Gasteiger charge is -2.16. The number of aromatic nitrogens is 1. The highest BCUT2D eigenvalue weighted by Gasteiger charge is 2.25. The lowest BCUT2D eigenvalue weighted by atomic mass is 9.95. The summed E-state index contributed by atoms with van der Waals surface area (Å²) >= 11 is 0. The number of aromatic hydroxyl groups is 1. The van der Waals surface area contributed by atoms with Crippen molar-refractivity contribution in [3.63, 3.8) is 0 Å². The van der Waals surface area contributed by atoms with Crippen molar-refractivity contribution in [2.24, 2.45) is 5.16 Å². The van der Waals surface area contributed by atoms with Crippen molar-refractivity contribution in [1.82, 2.24) is 4.98 Å². The number of carbonyl (C=O) groups is 1. The third-order valence-corrected chi connectivity index (χ3v) is 5.64. The minimum atomic E-state index is -0.368. The van der Waals surface area contributed by atoms with E-state index >= 15 is 0 Å². The number of ether oxygens (including phenoxy) is 2. The highest BCUT2D eigenvalue weighted by molar-refractivity contribution is 6.02. The second kappa shape index (κ2) is 8.34. The Hall–Kier alpha value is -3.87. The standard InChI is InChI=1S/C25H22N2O5/c1-15-11-22(31-14-18-13-23(29)32-27-18)25-19(9-10-30-25)20(15)12-17-7-8-21(28)24(26-17)16-5-3-2-4-6-16/h2-8,11,28H,9-10,12-14H2,1H3. The quantitative estimate of drug-likeness (QED) is 0.595. The number of nitrogens with zero attached hydrogens (tertiary/aromatic N) is 2. The largest absolute Gasteiger partial charge is 0.506 e. The van der Waals surface area contributed by atoms with E-state index in [-0.39, 0.29) is 24.7 Å². The van der Waals surface area contributed by atoms with Crippen LogP contribution < -0.4 is 9.47 Å². The zero-order chi connectivity index (χ0) is 22.1. The smallest absolute Gasteiger partial charge is 0.340 e. The van der Waals surface area contributed by atoms with Gasteiger partial charge < -0.3 is 19.4 Å². The molecule has 3 heterocycles. The molecule has 0 bridgehead atoms. The molecule has 0 saturated carbocycles. The Balaban J connectivity index is 1.43. The van der Waals surface area contributed by atoms with Crippen LogP contribution in [0.1, 0.15) is 28.8 Å². The lowest BCUT2D eigenvalue weighted by molar-refractivity contribution is -0.140. The highest BCUT2D eigenvalue weighted by Crippen LogP contribution is 2.41. The van der Waals surface area contributed by atoms with Gasteiger partial charge in [-0.2, -0.15) is 0 Å². The summed E-state index contributed by atoms with van der Waals surface area (Å²) in [4.78, 5) is 20.6. The topological polar surface area (TPSA) is 90.2 Å². The molecule has 3 aromatic rings. The fraction of sp³-hybridized carbons (Fsp3) is 0.240. The van der Waals surface area contributed by atoms with Crippen LogP contribution in [-0.4, -0.2) is 35.0 Å². The number of aryl methyl sites for hydroxylation is 1. The first kappa shape index (κ1) is 20.1. The summed E-state index contributed by atoms with van der Waals surface area (Å²) in [5.41, 5.74) is 6.20. The van der Waals surface area contributed by atoms with E-state index in [1.807, 2.05) is 49.4 Å². The monoisotopic (exact) mass is 430 g/mol. The first-order valence-electron chi connectivity index (χ1n) is 10.5. The summed E-state index contributed by atoms with van der Waals surface area (Å²) in [6.45, 7) is 2.81. The van der Waals surface area contributed by atoms with Crippen molar-refractivity contribution < 1.29 is 24.2 Å². The van der Waals surface area contributed by atoms with E-state index in [2.05, 4.69) is 9.99 Å². The number of pyridine rings is 1. The molecule has 162 valence electrons. The zero-order valence-corrected chi connectivity index (χ0v) is 17.6. The average Bonchev–Trinajstić information content (AvgIpc) is 3.45. The molecule has 2 aliphatic heterocycles. The molecule has 2 aromatic carbocycles. The molecule has 32 heavy (non-hydrogen) atoms. The number of carbonyl (C=O) groups excluding carboxylic acids is 1. The third kappa shape index (κ3) is 3.89. The van der Waals surface area contributed by atoms with Gasteiger partial charge in [0.15, 0.2) is 11.5 Å². The van der Waals surface area contributed by atoms with Crippen LogP contribution in [0, 0.1) is 6.92 Å². The minimum Gasteiger partial charge on any atom is -0.506 e. The summed E-state index contributed by atoms with van der Waals surface area (Å²) in [5.74, 6) is 1.17. The van der Waals surface area contributed by atoms with Crippen LogP contribution in [0.15, 0.2) is 53.7 Å². The maximum absolute atomic E-state index is 11.2. The van der Waals surface area contributed by atoms with Gasteiger partial charge in [-0.25, -0.2) is 9.78 Å². The van der Waals surface area contributed by atoms with Crippen LogP contribution >= 0.6 is 0 Å². The van der Waals surface area contributed by atoms with Gasteiger partial charge in [0.05, 0.1) is 13.0 Å². The summed E-state index contributed by atoms with van der Waals surface area (Å²) in [5, 5.41) is 14.1. The molecule has 7 nitrogen and oxygen atoms in total. The number of oxime groups is 1. The van der Waals surface area contributed by atoms with Crippen molar-refractivity contribution >= 4 is 11.7 Å². The van der Waals surface area contributed by atoms with Gasteiger partial charge in [-0.15, -0.1) is 0 Å². The van der Waals surface area contributed by atoms with Crippen molar-refractivity contribution in [3.05, 3.63) is 70.9 Å². The third-order valence-electron chi connectivity index (χ3n) is 5.64. The molecule has 0 fully saturated rings. The maximum Gasteiger partial charge on any atom is 0.340 e. The second-order valence-electron chi connectivity index (χ2n) is 7.88. The van der Waals surface area contributed by atoms with Crippen LogP contribution in [0.2, 0.25) is 0 Å². The molecular formula is C25H22N2O5. The van der Waals surface area contributed by atoms with E-state index in [1.54, 1.807) is 6.07 Å². The van der Waals surface area contributed by atoms with Crippen LogP contribution in [0.4, 0.5) is 0 Å². The maximum atomic E-state index is 11.2. The molecule has 1 aromatic heterocycles. The Morgan fingerprint density at radius 2 is 2.00 bits per heavy atom. The van der Waals surface area contributed by atoms with Gasteiger partial charge in [-0.05, 0) is 36.2 Å². The molecule has 5 rings (SSSR count). The van der Waals surface area contributed by atoms with Crippen LogP contribution in [0.25, 0.3) is 11.3 Å². The van der Waals surface area contributed by atoms with Gasteiger partial charge in [0, 0.05) is 29.7 Å². The van der Waals surface area contributed by atoms with Gasteiger partial charge in [-0.1, -0.05) is 35.5 Å². The van der Waals surface area contributed by atoms with E-state index < -0.39 is 0 Å². The molecular weight excluding hydrogens is 408 g/mol. The fourth-order valence-corrected chi connectivity index (χ4v) is 4.07. The van der Waals surface area contributed by atoms with Crippen molar-refractivity contribution in [3.8, 4) is 28.5 Å². The van der Waals surface area contributed by atoms with Gasteiger partial charge in [0.2, 0.25) is 0 Å². The number of benzene rings is 2. The molecule has 0 saturated heterocycles. The van der Waals surface area contributed by atoms with E-state index in [0.29, 0.717) is 30.2 Å². The van der Waals surface area contributed by atoms with Crippen molar-refractivity contribution in [2.75, 3.05) is 13.2 Å². The Bertz CT molecular complexity index is 1220. The second-order valence-corrected chi connectivity index (χ2v) is 7.88. The minimum absolute atomic E-state index is 0.149. The first-order valence-corrected chi connectivity index (χ1v) is 10.5. The van der Waals surface area contributed by atoms with E-state index in [4.69, 9.17) is 14.5 Å². The summed E-state index contributed by atoms with van der Waals surface area (Å²) in [6, 6.07) is 15.2. The molecule has 0 aliphatic carbocycles. The highest BCUT2D eigenvalue weighted by atomic mass is 16.7. The first-order chi connectivity index (χ1) is 15.6. The molecule has 0 atom stereocenters. The molecule has 2 aliphatic rings. The fourth-order valence-electron chi connectivity index (χ4n) is 4.07. The SMILES string of the molecule is Cc1cc(OCC2=NOC(=O)C2)c2c(c1Cc1ccc(O)c(-c3ccccc3)n1)CCO2. The predicted octanol–water partition coefficient (Wildman–Crippen LogP) is 3.97. The lowest BCUT2D eigenvalue weighted by Crippen LogP contribution is -2.11. The number of fused-ring (bicyclic) bond motifs is 1. The zero-order valence-electron chi connectivity index (χ0n) is 17.6. The number of rotatable bonds is 6. The van der Waals surface area contributed by atoms with E-state index in [9.17, 15) is 9.90 Å². The molecule has 0 amide bonds. The van der Waals surface area contributed by atoms with E-state index in [0.717, 1.165) is 40.1 Å². The Morgan fingerprint density at radius 1 is 1.16 bits per heavy atom. The molecule has 0 unspecified atom stereocenters. The Kier molecular flexibility index (Phi) is 5.23. The van der Waals surface area contributed by atoms with E-state index in [1.165, 1.54) is 0 Å². The summed E-state index contributed by atoms with van der Waals surface area (Å²) in [7, 11) is 0. The van der Waals surface area contributed by atoms with Gasteiger partial charge in [0.1, 0.15) is 23.8 Å². The van der Waals surface area contributed by atoms with Crippen LogP contribution in [-0.2, 0) is 22.5 Å². The van der Waals surface area contributed by atoms with Crippen LogP contribution in [0.5, 0.6) is 17.2 Å². The van der Waals surface area contributed by atoms with Gasteiger partial charge in [0.25, 0.3) is 0 Å². The summed E-state index contributed by atoms with van der Waals surface area (Å²) < 4.78 is 11.8. The molecule has 0 radical (unpaired) electrons. The Morgan fingerprint density at radius 3 is 2.78 bits per heavy atom. The van der Waals surface area contributed by atoms with Gasteiger partial charge in [-0.3, -0.25) is 0 Å². The average molecular weight is 430 g/mol. The number of hydrogen-bond donors (Lipinski definition) is 1. The number of hydrogen-bond acceptors (Lipinski definition) is 7.